The van der Waals surface area contributed by atoms with Crippen molar-refractivity contribution in [2.75, 3.05) is 0 Å². The number of hydrogen-bond donors (Lipinski definition) is 0. The largest absolute Gasteiger partial charge is 0.357 e. The fourth-order valence-corrected chi connectivity index (χ4v) is 1.20. The van der Waals surface area contributed by atoms with Crippen molar-refractivity contribution in [2.24, 2.45) is 5.16 Å². The van der Waals surface area contributed by atoms with E-state index < -0.39 is 0 Å². The van der Waals surface area contributed by atoms with Gasteiger partial charge in [-0.25, -0.2) is 9.67 Å². The maximum Gasteiger partial charge on any atom is 0.160 e. The van der Waals surface area contributed by atoms with Crippen molar-refractivity contribution in [3.8, 4) is 5.75 Å². The molecule has 1 heterocycles. The zero-order chi connectivity index (χ0) is 11.2. The highest BCUT2D eigenvalue weighted by atomic mass is 16.6. The summed E-state index contributed by atoms with van der Waals surface area (Å²) in [5, 5.41) is 7.80. The van der Waals surface area contributed by atoms with E-state index in [1.54, 1.807) is 17.2 Å². The zero-order valence-electron chi connectivity index (χ0n) is 8.95. The summed E-state index contributed by atoms with van der Waals surface area (Å²) in [4.78, 5) is 9.07. The molecular formula is C11H12N4O. The summed E-state index contributed by atoms with van der Waals surface area (Å²) in [6.07, 6.45) is 4.75. The second kappa shape index (κ2) is 5.06. The SMILES string of the molecule is Cc1ccccc1O/N=C/Cn1cncn1. The van der Waals surface area contributed by atoms with Crippen LogP contribution in [-0.2, 0) is 6.54 Å². The van der Waals surface area contributed by atoms with Crippen molar-refractivity contribution >= 4 is 6.21 Å². The highest BCUT2D eigenvalue weighted by Crippen LogP contribution is 2.15. The molecular weight excluding hydrogens is 204 g/mol. The van der Waals surface area contributed by atoms with Crippen LogP contribution >= 0.6 is 0 Å². The van der Waals surface area contributed by atoms with E-state index in [-0.39, 0.29) is 0 Å². The second-order valence-corrected chi connectivity index (χ2v) is 3.26. The molecule has 0 saturated heterocycles. The first kappa shape index (κ1) is 10.4. The van der Waals surface area contributed by atoms with Crippen molar-refractivity contribution in [3.05, 3.63) is 42.5 Å². The van der Waals surface area contributed by atoms with Gasteiger partial charge in [0.1, 0.15) is 12.7 Å². The third kappa shape index (κ3) is 2.66. The first-order valence-corrected chi connectivity index (χ1v) is 4.93. The molecule has 0 fully saturated rings. The average Bonchev–Trinajstić information content (AvgIpc) is 2.79. The van der Waals surface area contributed by atoms with Crippen molar-refractivity contribution in [3.63, 3.8) is 0 Å². The second-order valence-electron chi connectivity index (χ2n) is 3.26. The topological polar surface area (TPSA) is 52.3 Å². The number of aromatic nitrogens is 3. The van der Waals surface area contributed by atoms with E-state index in [2.05, 4.69) is 15.2 Å². The Labute approximate surface area is 93.4 Å². The molecule has 0 aliphatic carbocycles. The van der Waals surface area contributed by atoms with Gasteiger partial charge in [0.2, 0.25) is 0 Å². The minimum atomic E-state index is 0.548. The first-order valence-electron chi connectivity index (χ1n) is 4.93. The van der Waals surface area contributed by atoms with E-state index in [1.807, 2.05) is 31.2 Å². The van der Waals surface area contributed by atoms with Crippen LogP contribution in [0.25, 0.3) is 0 Å². The van der Waals surface area contributed by atoms with Gasteiger partial charge in [-0.2, -0.15) is 5.10 Å². The number of rotatable bonds is 4. The minimum Gasteiger partial charge on any atom is -0.357 e. The van der Waals surface area contributed by atoms with Crippen molar-refractivity contribution in [1.29, 1.82) is 0 Å². The summed E-state index contributed by atoms with van der Waals surface area (Å²) in [6, 6.07) is 7.72. The summed E-state index contributed by atoms with van der Waals surface area (Å²) < 4.78 is 1.66. The van der Waals surface area contributed by atoms with Crippen LogP contribution in [0, 0.1) is 6.92 Å². The molecule has 16 heavy (non-hydrogen) atoms. The van der Waals surface area contributed by atoms with Gasteiger partial charge in [-0.1, -0.05) is 23.4 Å². The van der Waals surface area contributed by atoms with E-state index in [0.29, 0.717) is 6.54 Å². The molecule has 0 saturated carbocycles. The Morgan fingerprint density at radius 2 is 2.31 bits per heavy atom. The Hall–Kier alpha value is -2.17. The Kier molecular flexibility index (Phi) is 3.28. The minimum absolute atomic E-state index is 0.548. The van der Waals surface area contributed by atoms with Crippen LogP contribution in [0.1, 0.15) is 5.56 Å². The lowest BCUT2D eigenvalue weighted by Gasteiger charge is -2.01. The van der Waals surface area contributed by atoms with Crippen LogP contribution in [0.15, 0.2) is 42.1 Å². The number of para-hydroxylation sites is 1. The molecule has 0 aliphatic heterocycles. The van der Waals surface area contributed by atoms with Gasteiger partial charge in [-0.15, -0.1) is 0 Å². The predicted molar refractivity (Wildman–Crippen MR) is 60.3 cm³/mol. The Morgan fingerprint density at radius 3 is 3.06 bits per heavy atom. The quantitative estimate of drug-likeness (QED) is 0.576. The molecule has 0 unspecified atom stereocenters. The van der Waals surface area contributed by atoms with Crippen LogP contribution < -0.4 is 4.84 Å². The standard InChI is InChI=1S/C11H12N4O/c1-10-4-2-3-5-11(10)16-14-6-7-15-9-12-8-13-15/h2-6,8-9H,7H2,1H3/b14-6+. The zero-order valence-corrected chi connectivity index (χ0v) is 8.95. The molecule has 2 rings (SSSR count). The van der Waals surface area contributed by atoms with Crippen molar-refractivity contribution in [1.82, 2.24) is 14.8 Å². The molecule has 1 aromatic carbocycles. The van der Waals surface area contributed by atoms with Crippen LogP contribution in [0.4, 0.5) is 0 Å². The van der Waals surface area contributed by atoms with Gasteiger partial charge in [0.25, 0.3) is 0 Å². The van der Waals surface area contributed by atoms with Crippen molar-refractivity contribution in [2.45, 2.75) is 13.5 Å². The van der Waals surface area contributed by atoms with Gasteiger partial charge in [0.05, 0.1) is 12.8 Å². The number of aryl methyl sites for hydroxylation is 1. The molecule has 0 amide bonds. The van der Waals surface area contributed by atoms with Gasteiger partial charge < -0.3 is 4.84 Å². The first-order chi connectivity index (χ1) is 7.86. The number of oxime groups is 1. The summed E-state index contributed by atoms with van der Waals surface area (Å²) >= 11 is 0. The third-order valence-electron chi connectivity index (χ3n) is 2.05. The van der Waals surface area contributed by atoms with Gasteiger partial charge >= 0.3 is 0 Å². The van der Waals surface area contributed by atoms with E-state index in [4.69, 9.17) is 4.84 Å². The predicted octanol–water partition coefficient (Wildman–Crippen LogP) is 1.65. The molecule has 0 N–H and O–H groups in total. The maximum absolute atomic E-state index is 5.24. The molecule has 2 aromatic rings. The highest BCUT2D eigenvalue weighted by molar-refractivity contribution is 5.56. The molecule has 5 nitrogen and oxygen atoms in total. The molecule has 82 valence electrons. The molecule has 0 bridgehead atoms. The Balaban J connectivity index is 1.88. The normalized spacial score (nSPS) is 10.8. The van der Waals surface area contributed by atoms with E-state index >= 15 is 0 Å². The molecule has 1 aromatic heterocycles. The molecule has 5 heteroatoms. The molecule has 0 spiro atoms. The van der Waals surface area contributed by atoms with Crippen LogP contribution in [-0.4, -0.2) is 21.0 Å². The van der Waals surface area contributed by atoms with Gasteiger partial charge in [0.15, 0.2) is 5.75 Å². The fraction of sp³-hybridized carbons (Fsp3) is 0.182. The van der Waals surface area contributed by atoms with E-state index in [1.165, 1.54) is 6.33 Å². The van der Waals surface area contributed by atoms with E-state index in [0.717, 1.165) is 11.3 Å². The lowest BCUT2D eigenvalue weighted by molar-refractivity contribution is 0.339. The number of hydrogen-bond acceptors (Lipinski definition) is 4. The third-order valence-corrected chi connectivity index (χ3v) is 2.05. The van der Waals surface area contributed by atoms with Crippen LogP contribution in [0.3, 0.4) is 0 Å². The highest BCUT2D eigenvalue weighted by Gasteiger charge is 1.95. The van der Waals surface area contributed by atoms with Gasteiger partial charge in [-0.05, 0) is 18.6 Å². The monoisotopic (exact) mass is 216 g/mol. The summed E-state index contributed by atoms with van der Waals surface area (Å²) in [7, 11) is 0. The maximum atomic E-state index is 5.24. The lowest BCUT2D eigenvalue weighted by Crippen LogP contribution is -2.00. The van der Waals surface area contributed by atoms with Crippen molar-refractivity contribution < 1.29 is 4.84 Å². The molecule has 0 aliphatic rings. The van der Waals surface area contributed by atoms with Gasteiger partial charge in [0, 0.05) is 0 Å². The number of benzene rings is 1. The van der Waals surface area contributed by atoms with Gasteiger partial charge in [-0.3, -0.25) is 0 Å². The molecule has 0 atom stereocenters. The molecule has 0 radical (unpaired) electrons. The summed E-state index contributed by atoms with van der Waals surface area (Å²) in [5.74, 6) is 0.761. The fourth-order valence-electron chi connectivity index (χ4n) is 1.20. The van der Waals surface area contributed by atoms with Crippen LogP contribution in [0.2, 0.25) is 0 Å². The summed E-state index contributed by atoms with van der Waals surface area (Å²) in [5.41, 5.74) is 1.06. The smallest absolute Gasteiger partial charge is 0.160 e. The van der Waals surface area contributed by atoms with Crippen LogP contribution in [0.5, 0.6) is 5.75 Å². The Morgan fingerprint density at radius 1 is 1.44 bits per heavy atom. The number of nitrogens with zero attached hydrogens (tertiary/aromatic N) is 4. The summed E-state index contributed by atoms with van der Waals surface area (Å²) in [6.45, 7) is 2.52. The lowest BCUT2D eigenvalue weighted by atomic mass is 10.2. The van der Waals surface area contributed by atoms with E-state index in [9.17, 15) is 0 Å². The Bertz CT molecular complexity index is 465. The average molecular weight is 216 g/mol.